The smallest absolute Gasteiger partial charge is 0.416 e. The molecule has 1 aliphatic rings. The number of amides is 1. The molecule has 0 radical (unpaired) electrons. The summed E-state index contributed by atoms with van der Waals surface area (Å²) in [5.74, 6) is -2.62. The zero-order valence-electron chi connectivity index (χ0n) is 19.2. The van der Waals surface area contributed by atoms with Crippen LogP contribution in [0.25, 0.3) is 5.57 Å². The third-order valence-corrected chi connectivity index (χ3v) is 8.25. The summed E-state index contributed by atoms with van der Waals surface area (Å²) in [5.41, 5.74) is -1.26. The largest absolute Gasteiger partial charge is 0.510 e. The standard InChI is InChI=1S/C25H20ClF3N2O4S2/c1-36-19-9-7-18(8-10-19)30-24(33)23-20-11-4-16(25(27,28)29)12-21(20)31(37(34,35)14-22(23)32)13-15-2-5-17(26)6-3-15/h2-12,32H,13-14H2,1H3,(H,30,33). The van der Waals surface area contributed by atoms with E-state index in [-0.39, 0.29) is 17.8 Å². The topological polar surface area (TPSA) is 86.7 Å². The molecule has 1 heterocycles. The maximum absolute atomic E-state index is 13.6. The Kier molecular flexibility index (Phi) is 7.50. The minimum absolute atomic E-state index is 0.154. The number of benzene rings is 3. The second-order valence-corrected chi connectivity index (χ2v) is 11.3. The van der Waals surface area contributed by atoms with Crippen LogP contribution < -0.4 is 9.62 Å². The summed E-state index contributed by atoms with van der Waals surface area (Å²) in [4.78, 5) is 14.2. The maximum atomic E-state index is 13.6. The fraction of sp³-hybridized carbons (Fsp3) is 0.160. The van der Waals surface area contributed by atoms with Crippen molar-refractivity contribution in [3.63, 3.8) is 0 Å². The number of sulfonamides is 1. The molecule has 6 nitrogen and oxygen atoms in total. The molecular formula is C25H20ClF3N2O4S2. The Morgan fingerprint density at radius 1 is 1.08 bits per heavy atom. The van der Waals surface area contributed by atoms with Crippen molar-refractivity contribution in [1.29, 1.82) is 0 Å². The number of aliphatic hydroxyl groups excluding tert-OH is 1. The molecule has 0 aromatic heterocycles. The predicted molar refractivity (Wildman–Crippen MR) is 139 cm³/mol. The zero-order valence-corrected chi connectivity index (χ0v) is 21.6. The average molecular weight is 569 g/mol. The molecule has 0 atom stereocenters. The fourth-order valence-corrected chi connectivity index (χ4v) is 5.79. The summed E-state index contributed by atoms with van der Waals surface area (Å²) >= 11 is 7.39. The third kappa shape index (κ3) is 5.89. The van der Waals surface area contributed by atoms with Crippen molar-refractivity contribution < 1.29 is 31.5 Å². The van der Waals surface area contributed by atoms with Crippen molar-refractivity contribution in [2.24, 2.45) is 0 Å². The normalized spacial score (nSPS) is 15.2. The Bertz CT molecular complexity index is 1470. The lowest BCUT2D eigenvalue weighted by Crippen LogP contribution is -2.32. The van der Waals surface area contributed by atoms with Crippen molar-refractivity contribution in [3.05, 3.63) is 94.2 Å². The van der Waals surface area contributed by atoms with Crippen LogP contribution in [0.2, 0.25) is 5.02 Å². The van der Waals surface area contributed by atoms with Crippen LogP contribution in [0.4, 0.5) is 24.5 Å². The second-order valence-electron chi connectivity index (χ2n) is 8.12. The first-order valence-corrected chi connectivity index (χ1v) is 13.9. The molecule has 1 aliphatic heterocycles. The van der Waals surface area contributed by atoms with Crippen molar-refractivity contribution in [2.75, 3.05) is 21.6 Å². The first kappa shape index (κ1) is 26.9. The Labute approximate surface area is 220 Å². The van der Waals surface area contributed by atoms with Crippen LogP contribution in [0.15, 0.2) is 77.4 Å². The molecule has 3 aromatic carbocycles. The number of hydrogen-bond donors (Lipinski definition) is 2. The summed E-state index contributed by atoms with van der Waals surface area (Å²) < 4.78 is 68.2. The van der Waals surface area contributed by atoms with E-state index in [0.29, 0.717) is 22.3 Å². The summed E-state index contributed by atoms with van der Waals surface area (Å²) in [6.07, 6.45) is -2.89. The van der Waals surface area contributed by atoms with Gasteiger partial charge in [-0.05, 0) is 60.4 Å². The van der Waals surface area contributed by atoms with Gasteiger partial charge in [0.2, 0.25) is 10.0 Å². The van der Waals surface area contributed by atoms with Gasteiger partial charge in [0, 0.05) is 21.2 Å². The summed E-state index contributed by atoms with van der Waals surface area (Å²) in [5, 5.41) is 13.8. The zero-order chi connectivity index (χ0) is 27.0. The Hall–Kier alpha value is -3.15. The molecular weight excluding hydrogens is 549 g/mol. The number of thioether (sulfide) groups is 1. The lowest BCUT2D eigenvalue weighted by atomic mass is 9.99. The SMILES string of the molecule is CSc1ccc(NC(=O)C2=C(O)CS(=O)(=O)N(Cc3ccc(Cl)cc3)c3cc(C(F)(F)F)ccc32)cc1. The highest BCUT2D eigenvalue weighted by atomic mass is 35.5. The monoisotopic (exact) mass is 568 g/mol. The minimum atomic E-state index is -4.77. The van der Waals surface area contributed by atoms with Crippen LogP contribution in [0.5, 0.6) is 0 Å². The lowest BCUT2D eigenvalue weighted by Gasteiger charge is -2.25. The van der Waals surface area contributed by atoms with E-state index in [9.17, 15) is 31.5 Å². The van der Waals surface area contributed by atoms with Gasteiger partial charge in [-0.1, -0.05) is 29.8 Å². The Morgan fingerprint density at radius 3 is 2.32 bits per heavy atom. The van der Waals surface area contributed by atoms with Gasteiger partial charge in [-0.2, -0.15) is 13.2 Å². The highest BCUT2D eigenvalue weighted by molar-refractivity contribution is 7.98. The first-order valence-electron chi connectivity index (χ1n) is 10.7. The number of carbonyl (C=O) groups excluding carboxylic acids is 1. The predicted octanol–water partition coefficient (Wildman–Crippen LogP) is 6.34. The molecule has 194 valence electrons. The molecule has 4 rings (SSSR count). The molecule has 0 saturated carbocycles. The number of aliphatic hydroxyl groups is 1. The molecule has 0 spiro atoms. The number of halogens is 4. The third-order valence-electron chi connectivity index (χ3n) is 5.62. The number of nitrogens with zero attached hydrogens (tertiary/aromatic N) is 1. The second kappa shape index (κ2) is 10.3. The number of nitrogens with one attached hydrogen (secondary N) is 1. The van der Waals surface area contributed by atoms with E-state index in [1.54, 1.807) is 24.3 Å². The number of alkyl halides is 3. The Morgan fingerprint density at radius 2 is 1.73 bits per heavy atom. The molecule has 12 heteroatoms. The molecule has 0 unspecified atom stereocenters. The van der Waals surface area contributed by atoms with Crippen LogP contribution in [-0.2, 0) is 27.5 Å². The van der Waals surface area contributed by atoms with E-state index in [4.69, 9.17) is 11.6 Å². The van der Waals surface area contributed by atoms with Gasteiger partial charge in [0.05, 0.1) is 23.4 Å². The van der Waals surface area contributed by atoms with E-state index in [0.717, 1.165) is 21.3 Å². The van der Waals surface area contributed by atoms with Gasteiger partial charge < -0.3 is 10.4 Å². The molecule has 3 aromatic rings. The number of carbonyl (C=O) groups is 1. The van der Waals surface area contributed by atoms with E-state index < -0.39 is 44.8 Å². The first-order chi connectivity index (χ1) is 17.4. The number of fused-ring (bicyclic) bond motifs is 1. The van der Waals surface area contributed by atoms with Gasteiger partial charge in [-0.15, -0.1) is 11.8 Å². The van der Waals surface area contributed by atoms with Gasteiger partial charge >= 0.3 is 6.18 Å². The number of hydrogen-bond acceptors (Lipinski definition) is 5. The summed E-state index contributed by atoms with van der Waals surface area (Å²) in [7, 11) is -4.40. The van der Waals surface area contributed by atoms with Gasteiger partial charge in [0.25, 0.3) is 5.91 Å². The van der Waals surface area contributed by atoms with Crippen LogP contribution in [-0.4, -0.2) is 31.4 Å². The Balaban J connectivity index is 1.84. The van der Waals surface area contributed by atoms with Crippen LogP contribution in [0, 0.1) is 0 Å². The average Bonchev–Trinajstić information content (AvgIpc) is 2.91. The van der Waals surface area contributed by atoms with Crippen LogP contribution >= 0.6 is 23.4 Å². The van der Waals surface area contributed by atoms with Crippen molar-refractivity contribution >= 4 is 56.2 Å². The van der Waals surface area contributed by atoms with E-state index in [1.165, 1.54) is 36.0 Å². The van der Waals surface area contributed by atoms with Crippen LogP contribution in [0.1, 0.15) is 16.7 Å². The highest BCUT2D eigenvalue weighted by Gasteiger charge is 2.38. The maximum Gasteiger partial charge on any atom is 0.416 e. The van der Waals surface area contributed by atoms with E-state index in [2.05, 4.69) is 5.32 Å². The van der Waals surface area contributed by atoms with E-state index in [1.807, 2.05) is 6.26 Å². The van der Waals surface area contributed by atoms with Crippen molar-refractivity contribution in [2.45, 2.75) is 17.6 Å². The van der Waals surface area contributed by atoms with Crippen molar-refractivity contribution in [1.82, 2.24) is 0 Å². The highest BCUT2D eigenvalue weighted by Crippen LogP contribution is 2.40. The van der Waals surface area contributed by atoms with Crippen molar-refractivity contribution in [3.8, 4) is 0 Å². The fourth-order valence-electron chi connectivity index (χ4n) is 3.81. The molecule has 1 amide bonds. The molecule has 0 bridgehead atoms. The lowest BCUT2D eigenvalue weighted by molar-refractivity contribution is -0.137. The minimum Gasteiger partial charge on any atom is -0.510 e. The molecule has 2 N–H and O–H groups in total. The van der Waals surface area contributed by atoms with Gasteiger partial charge in [-0.3, -0.25) is 9.10 Å². The molecule has 37 heavy (non-hydrogen) atoms. The van der Waals surface area contributed by atoms with Gasteiger partial charge in [0.15, 0.2) is 0 Å². The molecule has 0 saturated heterocycles. The summed E-state index contributed by atoms with van der Waals surface area (Å²) in [6, 6.07) is 15.3. The number of rotatable bonds is 5. The van der Waals surface area contributed by atoms with E-state index >= 15 is 0 Å². The van der Waals surface area contributed by atoms with Crippen LogP contribution in [0.3, 0.4) is 0 Å². The van der Waals surface area contributed by atoms with Gasteiger partial charge in [-0.25, -0.2) is 8.42 Å². The molecule has 0 fully saturated rings. The number of anilines is 2. The van der Waals surface area contributed by atoms with Gasteiger partial charge in [0.1, 0.15) is 11.5 Å². The quantitative estimate of drug-likeness (QED) is 0.351. The molecule has 0 aliphatic carbocycles. The summed E-state index contributed by atoms with van der Waals surface area (Å²) in [6.45, 7) is -0.341.